The number of carboxylic acids is 1. The van der Waals surface area contributed by atoms with E-state index in [0.29, 0.717) is 25.2 Å². The Balaban J connectivity index is 1.63. The van der Waals surface area contributed by atoms with E-state index < -0.39 is 18.1 Å². The molecular weight excluding hydrogens is 444 g/mol. The van der Waals surface area contributed by atoms with Gasteiger partial charge in [0.2, 0.25) is 5.91 Å². The number of benzene rings is 2. The van der Waals surface area contributed by atoms with Crippen LogP contribution >= 0.6 is 0 Å². The normalized spacial score (nSPS) is 14.1. The van der Waals surface area contributed by atoms with Crippen molar-refractivity contribution in [2.75, 3.05) is 6.61 Å². The second-order valence-electron chi connectivity index (χ2n) is 9.54. The second kappa shape index (κ2) is 12.4. The van der Waals surface area contributed by atoms with Crippen LogP contribution in [0.15, 0.2) is 48.5 Å². The smallest absolute Gasteiger partial charge is 0.407 e. The molecule has 0 spiro atoms. The molecule has 0 aromatic heterocycles. The first-order valence-electron chi connectivity index (χ1n) is 12.4. The maximum atomic E-state index is 13.0. The van der Waals surface area contributed by atoms with Crippen molar-refractivity contribution in [3.05, 3.63) is 59.7 Å². The van der Waals surface area contributed by atoms with Crippen molar-refractivity contribution in [3.8, 4) is 11.1 Å². The van der Waals surface area contributed by atoms with Gasteiger partial charge in [0.1, 0.15) is 12.6 Å². The van der Waals surface area contributed by atoms with Crippen LogP contribution < -0.4 is 10.6 Å². The van der Waals surface area contributed by atoms with E-state index in [-0.39, 0.29) is 30.9 Å². The predicted molar refractivity (Wildman–Crippen MR) is 135 cm³/mol. The number of hydrogen-bond donors (Lipinski definition) is 3. The molecule has 7 heteroatoms. The molecule has 0 fully saturated rings. The fourth-order valence-electron chi connectivity index (χ4n) is 4.53. The average Bonchev–Trinajstić information content (AvgIpc) is 3.16. The molecule has 188 valence electrons. The minimum Gasteiger partial charge on any atom is -0.481 e. The van der Waals surface area contributed by atoms with E-state index in [0.717, 1.165) is 28.7 Å². The highest BCUT2D eigenvalue weighted by Crippen LogP contribution is 2.44. The number of carboxylic acid groups (broad SMARTS) is 1. The summed E-state index contributed by atoms with van der Waals surface area (Å²) in [7, 11) is 0. The molecule has 0 radical (unpaired) electrons. The van der Waals surface area contributed by atoms with Crippen molar-refractivity contribution >= 4 is 18.0 Å². The number of carbonyl (C=O) groups is 3. The predicted octanol–water partition coefficient (Wildman–Crippen LogP) is 5.09. The van der Waals surface area contributed by atoms with Crippen molar-refractivity contribution in [2.45, 2.75) is 70.9 Å². The number of fused-ring (bicyclic) bond motifs is 3. The van der Waals surface area contributed by atoms with Crippen LogP contribution in [0.5, 0.6) is 0 Å². The first kappa shape index (κ1) is 26.3. The van der Waals surface area contributed by atoms with Crippen molar-refractivity contribution in [2.24, 2.45) is 5.92 Å². The highest BCUT2D eigenvalue weighted by molar-refractivity contribution is 5.86. The van der Waals surface area contributed by atoms with Gasteiger partial charge in [-0.25, -0.2) is 4.79 Å². The SMILES string of the molecule is CCC(CCC(=O)O)NC(=O)C(CCC(C)C)NC(=O)OCC1c2ccccc2-c2ccccc21. The zero-order chi connectivity index (χ0) is 25.4. The lowest BCUT2D eigenvalue weighted by molar-refractivity contribution is -0.137. The van der Waals surface area contributed by atoms with E-state index in [1.807, 2.05) is 31.2 Å². The van der Waals surface area contributed by atoms with Gasteiger partial charge in [0.25, 0.3) is 0 Å². The van der Waals surface area contributed by atoms with Gasteiger partial charge in [0.15, 0.2) is 0 Å². The van der Waals surface area contributed by atoms with Crippen LogP contribution in [-0.2, 0) is 14.3 Å². The molecule has 7 nitrogen and oxygen atoms in total. The number of rotatable bonds is 12. The molecule has 1 aliphatic rings. The lowest BCUT2D eigenvalue weighted by Crippen LogP contribution is -2.50. The Bertz CT molecular complexity index is 990. The molecule has 2 unspecified atom stereocenters. The van der Waals surface area contributed by atoms with Gasteiger partial charge in [-0.15, -0.1) is 0 Å². The molecule has 2 aromatic rings. The molecule has 2 atom stereocenters. The Labute approximate surface area is 207 Å². The summed E-state index contributed by atoms with van der Waals surface area (Å²) in [5.41, 5.74) is 4.55. The summed E-state index contributed by atoms with van der Waals surface area (Å²) in [4.78, 5) is 36.6. The molecule has 2 amide bonds. The molecule has 3 rings (SSSR count). The van der Waals surface area contributed by atoms with Crippen LogP contribution in [-0.4, -0.2) is 41.8 Å². The Kier molecular flexibility index (Phi) is 9.29. The summed E-state index contributed by atoms with van der Waals surface area (Å²) in [5, 5.41) is 14.6. The van der Waals surface area contributed by atoms with Crippen molar-refractivity contribution < 1.29 is 24.2 Å². The molecule has 0 saturated heterocycles. The number of amides is 2. The Morgan fingerprint density at radius 1 is 0.914 bits per heavy atom. The van der Waals surface area contributed by atoms with Crippen molar-refractivity contribution in [1.82, 2.24) is 10.6 Å². The summed E-state index contributed by atoms with van der Waals surface area (Å²) < 4.78 is 5.63. The minimum atomic E-state index is -0.897. The number of carbonyl (C=O) groups excluding carboxylic acids is 2. The van der Waals surface area contributed by atoms with Gasteiger partial charge >= 0.3 is 12.1 Å². The van der Waals surface area contributed by atoms with Crippen molar-refractivity contribution in [1.29, 1.82) is 0 Å². The maximum Gasteiger partial charge on any atom is 0.407 e. The van der Waals surface area contributed by atoms with E-state index in [2.05, 4.69) is 48.7 Å². The van der Waals surface area contributed by atoms with Crippen molar-refractivity contribution in [3.63, 3.8) is 0 Å². The second-order valence-corrected chi connectivity index (χ2v) is 9.54. The van der Waals surface area contributed by atoms with Crippen LogP contribution in [0.25, 0.3) is 11.1 Å². The number of ether oxygens (including phenoxy) is 1. The molecule has 1 aliphatic carbocycles. The first-order valence-corrected chi connectivity index (χ1v) is 12.4. The Morgan fingerprint density at radius 2 is 1.51 bits per heavy atom. The number of hydrogen-bond acceptors (Lipinski definition) is 4. The van der Waals surface area contributed by atoms with Crippen LogP contribution in [0, 0.1) is 5.92 Å². The van der Waals surface area contributed by atoms with E-state index in [1.54, 1.807) is 0 Å². The monoisotopic (exact) mass is 480 g/mol. The molecular formula is C28H36N2O5. The Hall–Kier alpha value is -3.35. The summed E-state index contributed by atoms with van der Waals surface area (Å²) in [6.07, 6.45) is 1.54. The number of alkyl carbamates (subject to hydrolysis) is 1. The number of nitrogens with one attached hydrogen (secondary N) is 2. The number of aliphatic carboxylic acids is 1. The summed E-state index contributed by atoms with van der Waals surface area (Å²) >= 11 is 0. The molecule has 0 bridgehead atoms. The van der Waals surface area contributed by atoms with Crippen LogP contribution in [0.2, 0.25) is 0 Å². The van der Waals surface area contributed by atoms with Crippen LogP contribution in [0.3, 0.4) is 0 Å². The van der Waals surface area contributed by atoms with Gasteiger partial charge < -0.3 is 20.5 Å². The van der Waals surface area contributed by atoms with Gasteiger partial charge in [0, 0.05) is 18.4 Å². The largest absolute Gasteiger partial charge is 0.481 e. The highest BCUT2D eigenvalue weighted by Gasteiger charge is 2.30. The highest BCUT2D eigenvalue weighted by atomic mass is 16.5. The Morgan fingerprint density at radius 3 is 2.06 bits per heavy atom. The zero-order valence-electron chi connectivity index (χ0n) is 20.8. The molecule has 35 heavy (non-hydrogen) atoms. The molecule has 3 N–H and O–H groups in total. The lowest BCUT2D eigenvalue weighted by atomic mass is 9.98. The third-order valence-electron chi connectivity index (χ3n) is 6.53. The van der Waals surface area contributed by atoms with Gasteiger partial charge in [-0.05, 0) is 53.9 Å². The van der Waals surface area contributed by atoms with Gasteiger partial charge in [-0.2, -0.15) is 0 Å². The van der Waals surface area contributed by atoms with E-state index in [1.165, 1.54) is 0 Å². The molecule has 0 aliphatic heterocycles. The summed E-state index contributed by atoms with van der Waals surface area (Å²) in [6.45, 7) is 6.19. The lowest BCUT2D eigenvalue weighted by Gasteiger charge is -2.23. The van der Waals surface area contributed by atoms with Crippen LogP contribution in [0.4, 0.5) is 4.79 Å². The van der Waals surface area contributed by atoms with Crippen LogP contribution in [0.1, 0.15) is 69.9 Å². The molecule has 2 aromatic carbocycles. The fraction of sp³-hybridized carbons (Fsp3) is 0.464. The third kappa shape index (κ3) is 7.07. The van der Waals surface area contributed by atoms with E-state index >= 15 is 0 Å². The molecule has 0 heterocycles. The topological polar surface area (TPSA) is 105 Å². The zero-order valence-corrected chi connectivity index (χ0v) is 20.8. The van der Waals surface area contributed by atoms with Gasteiger partial charge in [-0.1, -0.05) is 69.3 Å². The first-order chi connectivity index (χ1) is 16.8. The van der Waals surface area contributed by atoms with E-state index in [4.69, 9.17) is 9.84 Å². The standard InChI is InChI=1S/C28H36N2O5/c1-4-19(14-16-26(31)32)29-27(33)25(15-13-18(2)3)30-28(34)35-17-24-22-11-7-5-9-20(22)21-10-6-8-12-23(21)24/h5-12,18-19,24-25H,4,13-17H2,1-3H3,(H,29,33)(H,30,34)(H,31,32). The minimum absolute atomic E-state index is 0.0186. The fourth-order valence-corrected chi connectivity index (χ4v) is 4.53. The third-order valence-corrected chi connectivity index (χ3v) is 6.53. The van der Waals surface area contributed by atoms with Gasteiger partial charge in [0.05, 0.1) is 0 Å². The average molecular weight is 481 g/mol. The maximum absolute atomic E-state index is 13.0. The van der Waals surface area contributed by atoms with Gasteiger partial charge in [-0.3, -0.25) is 9.59 Å². The quantitative estimate of drug-likeness (QED) is 0.392. The molecule has 0 saturated carbocycles. The summed E-state index contributed by atoms with van der Waals surface area (Å²) in [5.74, 6) is -0.901. The van der Waals surface area contributed by atoms with E-state index in [9.17, 15) is 14.4 Å². The summed E-state index contributed by atoms with van der Waals surface area (Å²) in [6, 6.07) is 15.2.